The molecule has 0 spiro atoms. The van der Waals surface area contributed by atoms with Gasteiger partial charge in [-0.1, -0.05) is 17.7 Å². The number of hydrogen-bond donors (Lipinski definition) is 0. The maximum Gasteiger partial charge on any atom is 0.328 e. The Morgan fingerprint density at radius 3 is 2.75 bits per heavy atom. The van der Waals surface area contributed by atoms with Crippen LogP contribution < -0.4 is 5.69 Å². The molecule has 20 heavy (non-hydrogen) atoms. The Labute approximate surface area is 119 Å². The molecule has 3 rings (SSSR count). The van der Waals surface area contributed by atoms with Crippen LogP contribution in [0.3, 0.4) is 0 Å². The Kier molecular flexibility index (Phi) is 3.10. The monoisotopic (exact) mass is 293 g/mol. The van der Waals surface area contributed by atoms with E-state index in [0.717, 1.165) is 12.8 Å². The van der Waals surface area contributed by atoms with Gasteiger partial charge in [0.25, 0.3) is 5.69 Å². The van der Waals surface area contributed by atoms with Crippen molar-refractivity contribution in [3.63, 3.8) is 0 Å². The number of nitro groups is 1. The molecule has 1 fully saturated rings. The average Bonchev–Trinajstić information content (AvgIpc) is 3.18. The van der Waals surface area contributed by atoms with Crippen molar-refractivity contribution in [1.29, 1.82) is 0 Å². The maximum absolute atomic E-state index is 12.1. The number of benzene rings is 1. The first-order valence-electron chi connectivity index (χ1n) is 6.26. The Hall–Kier alpha value is -2.08. The van der Waals surface area contributed by atoms with E-state index in [-0.39, 0.29) is 16.4 Å². The molecule has 1 aliphatic rings. The van der Waals surface area contributed by atoms with Gasteiger partial charge in [-0.05, 0) is 24.5 Å². The number of imidazole rings is 1. The second-order valence-corrected chi connectivity index (χ2v) is 5.30. The quantitative estimate of drug-likeness (QED) is 0.642. The van der Waals surface area contributed by atoms with Gasteiger partial charge in [0.1, 0.15) is 5.02 Å². The topological polar surface area (TPSA) is 70.1 Å². The van der Waals surface area contributed by atoms with Crippen molar-refractivity contribution in [2.24, 2.45) is 0 Å². The summed E-state index contributed by atoms with van der Waals surface area (Å²) in [6.45, 7) is 0.302. The van der Waals surface area contributed by atoms with E-state index in [1.165, 1.54) is 12.1 Å². The zero-order valence-electron chi connectivity index (χ0n) is 10.5. The molecule has 2 aromatic rings. The minimum Gasteiger partial charge on any atom is -0.296 e. The molecule has 1 aromatic heterocycles. The van der Waals surface area contributed by atoms with Crippen LogP contribution in [0.1, 0.15) is 24.4 Å². The predicted octanol–water partition coefficient (Wildman–Crippen LogP) is 2.59. The van der Waals surface area contributed by atoms with Gasteiger partial charge in [0.15, 0.2) is 0 Å². The molecular weight excluding hydrogens is 282 g/mol. The first-order chi connectivity index (χ1) is 9.56. The zero-order chi connectivity index (χ0) is 14.3. The van der Waals surface area contributed by atoms with Gasteiger partial charge in [-0.3, -0.25) is 19.2 Å². The second kappa shape index (κ2) is 4.79. The van der Waals surface area contributed by atoms with Crippen LogP contribution in [-0.4, -0.2) is 14.1 Å². The molecule has 1 aromatic carbocycles. The van der Waals surface area contributed by atoms with Crippen LogP contribution in [-0.2, 0) is 6.54 Å². The Bertz CT molecular complexity index is 731. The van der Waals surface area contributed by atoms with Crippen molar-refractivity contribution < 1.29 is 4.92 Å². The molecule has 0 bridgehead atoms. The molecule has 0 aliphatic heterocycles. The summed E-state index contributed by atoms with van der Waals surface area (Å²) in [5.41, 5.74) is 0.459. The van der Waals surface area contributed by atoms with Gasteiger partial charge < -0.3 is 0 Å². The fraction of sp³-hybridized carbons (Fsp3) is 0.308. The third-order valence-corrected chi connectivity index (χ3v) is 3.69. The number of nitrogens with zero attached hydrogens (tertiary/aromatic N) is 3. The van der Waals surface area contributed by atoms with Gasteiger partial charge >= 0.3 is 5.69 Å². The second-order valence-electron chi connectivity index (χ2n) is 4.89. The maximum atomic E-state index is 12.1. The van der Waals surface area contributed by atoms with Crippen LogP contribution in [0.25, 0.3) is 0 Å². The highest BCUT2D eigenvalue weighted by Gasteiger charge is 2.25. The normalized spacial score (nSPS) is 14.4. The van der Waals surface area contributed by atoms with Crippen LogP contribution in [0.4, 0.5) is 5.69 Å². The molecule has 1 heterocycles. The molecule has 0 radical (unpaired) electrons. The molecule has 0 unspecified atom stereocenters. The van der Waals surface area contributed by atoms with Gasteiger partial charge in [0.2, 0.25) is 0 Å². The fourth-order valence-electron chi connectivity index (χ4n) is 2.17. The van der Waals surface area contributed by atoms with Crippen molar-refractivity contribution in [2.75, 3.05) is 0 Å². The van der Waals surface area contributed by atoms with E-state index in [9.17, 15) is 14.9 Å². The minimum absolute atomic E-state index is 0.0786. The molecular formula is C13H12ClN3O3. The lowest BCUT2D eigenvalue weighted by Gasteiger charge is -2.03. The summed E-state index contributed by atoms with van der Waals surface area (Å²) in [7, 11) is 0. The van der Waals surface area contributed by atoms with E-state index in [2.05, 4.69) is 0 Å². The van der Waals surface area contributed by atoms with Gasteiger partial charge in [0.05, 0.1) is 11.5 Å². The summed E-state index contributed by atoms with van der Waals surface area (Å²) < 4.78 is 3.26. The van der Waals surface area contributed by atoms with Crippen molar-refractivity contribution >= 4 is 17.3 Å². The molecule has 1 aliphatic carbocycles. The number of aromatic nitrogens is 2. The van der Waals surface area contributed by atoms with E-state index < -0.39 is 4.92 Å². The zero-order valence-corrected chi connectivity index (χ0v) is 11.3. The molecule has 0 amide bonds. The number of rotatable bonds is 4. The van der Waals surface area contributed by atoms with E-state index in [1.807, 2.05) is 0 Å². The molecule has 0 N–H and O–H groups in total. The third-order valence-electron chi connectivity index (χ3n) is 3.37. The molecule has 0 saturated heterocycles. The van der Waals surface area contributed by atoms with Gasteiger partial charge in [0, 0.05) is 24.5 Å². The highest BCUT2D eigenvalue weighted by atomic mass is 35.5. The summed E-state index contributed by atoms with van der Waals surface area (Å²) in [6.07, 6.45) is 5.55. The van der Waals surface area contributed by atoms with Crippen molar-refractivity contribution in [3.05, 3.63) is 61.8 Å². The van der Waals surface area contributed by atoms with Crippen LogP contribution in [0.5, 0.6) is 0 Å². The fourth-order valence-corrected chi connectivity index (χ4v) is 2.36. The van der Waals surface area contributed by atoms with Gasteiger partial charge in [-0.15, -0.1) is 0 Å². The lowest BCUT2D eigenvalue weighted by molar-refractivity contribution is -0.384. The van der Waals surface area contributed by atoms with Gasteiger partial charge in [-0.25, -0.2) is 4.79 Å². The summed E-state index contributed by atoms with van der Waals surface area (Å²) in [6, 6.07) is 4.90. The van der Waals surface area contributed by atoms with E-state index in [0.29, 0.717) is 18.2 Å². The number of nitro benzene ring substituents is 1. The van der Waals surface area contributed by atoms with Crippen molar-refractivity contribution in [3.8, 4) is 0 Å². The van der Waals surface area contributed by atoms with Crippen molar-refractivity contribution in [1.82, 2.24) is 9.13 Å². The van der Waals surface area contributed by atoms with E-state index in [1.54, 1.807) is 27.6 Å². The largest absolute Gasteiger partial charge is 0.328 e. The molecule has 7 heteroatoms. The Balaban J connectivity index is 1.89. The number of hydrogen-bond acceptors (Lipinski definition) is 3. The van der Waals surface area contributed by atoms with Crippen molar-refractivity contribution in [2.45, 2.75) is 25.4 Å². The Morgan fingerprint density at radius 1 is 1.35 bits per heavy atom. The lowest BCUT2D eigenvalue weighted by Crippen LogP contribution is -2.23. The summed E-state index contributed by atoms with van der Waals surface area (Å²) in [4.78, 5) is 22.4. The SMILES string of the molecule is O=c1n(Cc2ccc(Cl)c([N+](=O)[O-])c2)ccn1C1CC1. The summed E-state index contributed by atoms with van der Waals surface area (Å²) in [5.74, 6) is 0. The summed E-state index contributed by atoms with van der Waals surface area (Å²) in [5, 5.41) is 10.9. The minimum atomic E-state index is -0.524. The smallest absolute Gasteiger partial charge is 0.296 e. The standard InChI is InChI=1S/C13H12ClN3O3/c14-11-4-1-9(7-12(11)17(19)20)8-15-5-6-16(13(15)18)10-2-3-10/h1,4-7,10H,2-3,8H2. The van der Waals surface area contributed by atoms with Gasteiger partial charge in [-0.2, -0.15) is 0 Å². The van der Waals surface area contributed by atoms with Crippen LogP contribution >= 0.6 is 11.6 Å². The lowest BCUT2D eigenvalue weighted by atomic mass is 10.2. The molecule has 104 valence electrons. The average molecular weight is 294 g/mol. The van der Waals surface area contributed by atoms with Crippen LogP contribution in [0, 0.1) is 10.1 Å². The molecule has 6 nitrogen and oxygen atoms in total. The molecule has 0 atom stereocenters. The first-order valence-corrected chi connectivity index (χ1v) is 6.64. The first kappa shape index (κ1) is 12.9. The van der Waals surface area contributed by atoms with Crippen LogP contribution in [0.2, 0.25) is 5.02 Å². The van der Waals surface area contributed by atoms with E-state index >= 15 is 0 Å². The summed E-state index contributed by atoms with van der Waals surface area (Å²) >= 11 is 5.77. The predicted molar refractivity (Wildman–Crippen MR) is 74.2 cm³/mol. The Morgan fingerprint density at radius 2 is 2.10 bits per heavy atom. The van der Waals surface area contributed by atoms with Crippen LogP contribution in [0.15, 0.2) is 35.4 Å². The molecule has 1 saturated carbocycles. The third kappa shape index (κ3) is 2.34. The van der Waals surface area contributed by atoms with E-state index in [4.69, 9.17) is 11.6 Å². The number of halogens is 1. The highest BCUT2D eigenvalue weighted by molar-refractivity contribution is 6.32. The highest BCUT2D eigenvalue weighted by Crippen LogP contribution is 2.33.